The van der Waals surface area contributed by atoms with Crippen molar-refractivity contribution in [2.75, 3.05) is 0 Å². The second-order valence-electron chi connectivity index (χ2n) is 10.1. The number of pyridine rings is 1. The maximum Gasteiger partial charge on any atom is 0.485 e. The summed E-state index contributed by atoms with van der Waals surface area (Å²) < 4.78 is 61.3. The molecule has 0 aliphatic heterocycles. The maximum absolute atomic E-state index is 10.7. The summed E-state index contributed by atoms with van der Waals surface area (Å²) in [6, 6.07) is 28.6. The Bertz CT molecular complexity index is 1590. The summed E-state index contributed by atoms with van der Waals surface area (Å²) in [5, 5.41) is 10.6. The van der Waals surface area contributed by atoms with Crippen molar-refractivity contribution in [1.82, 2.24) is 0 Å². The normalized spacial score (nSPS) is 14.6. The van der Waals surface area contributed by atoms with Crippen molar-refractivity contribution >= 4 is 10.1 Å². The highest BCUT2D eigenvalue weighted by Crippen LogP contribution is 2.44. The Morgan fingerprint density at radius 3 is 1.65 bits per heavy atom. The van der Waals surface area contributed by atoms with Crippen molar-refractivity contribution in [3.63, 3.8) is 0 Å². The lowest BCUT2D eigenvalue weighted by Gasteiger charge is -2.28. The third-order valence-corrected chi connectivity index (χ3v) is 7.91. The molecule has 5 nitrogen and oxygen atoms in total. The molecule has 0 spiro atoms. The quantitative estimate of drug-likeness (QED) is 0.198. The molecule has 1 heterocycles. The molecule has 1 aromatic heterocycles. The van der Waals surface area contributed by atoms with Crippen molar-refractivity contribution in [3.8, 4) is 33.6 Å². The van der Waals surface area contributed by atoms with E-state index in [0.717, 1.165) is 25.7 Å². The van der Waals surface area contributed by atoms with Gasteiger partial charge in [0.25, 0.3) is 0 Å². The van der Waals surface area contributed by atoms with Gasteiger partial charge < -0.3 is 9.66 Å². The van der Waals surface area contributed by atoms with Crippen LogP contribution in [-0.4, -0.2) is 29.7 Å². The Kier molecular flexibility index (Phi) is 7.56. The molecule has 9 heteroatoms. The number of alkyl halides is 3. The highest BCUT2D eigenvalue weighted by molar-refractivity contribution is 7.86. The average molecular weight is 568 g/mol. The molecule has 0 saturated heterocycles. The Morgan fingerprint density at radius 1 is 0.800 bits per heavy atom. The standard InChI is InChI=1S/C30H28NO.CHF3O3S/c1-20(32)19-31-29-24-13-7-5-9-21(24)15-17-26(29)28(23-11-3-2-4-12-23)27-18-16-22-10-6-8-14-25(22)30(27)31;2-1(3,4)8(5,6)7/h2-14,20,32H,15-19H2,1H3;(H,5,6,7)/q+1;/p-1. The van der Waals surface area contributed by atoms with Crippen LogP contribution < -0.4 is 4.57 Å². The second kappa shape index (κ2) is 10.8. The molecule has 0 saturated carbocycles. The van der Waals surface area contributed by atoms with Crippen molar-refractivity contribution < 1.29 is 35.8 Å². The van der Waals surface area contributed by atoms with E-state index in [-0.39, 0.29) is 0 Å². The number of aliphatic hydroxyl groups is 1. The van der Waals surface area contributed by atoms with Crippen LogP contribution in [0.25, 0.3) is 33.6 Å². The van der Waals surface area contributed by atoms with Gasteiger partial charge >= 0.3 is 5.51 Å². The molecule has 1 unspecified atom stereocenters. The molecule has 3 aromatic carbocycles. The van der Waals surface area contributed by atoms with Gasteiger partial charge in [0.15, 0.2) is 16.7 Å². The van der Waals surface area contributed by atoms with Crippen LogP contribution in [-0.2, 0) is 42.3 Å². The van der Waals surface area contributed by atoms with Crippen LogP contribution in [0.4, 0.5) is 13.2 Å². The number of hydrogen-bond donors (Lipinski definition) is 1. The summed E-state index contributed by atoms with van der Waals surface area (Å²) in [6.07, 6.45) is 3.77. The van der Waals surface area contributed by atoms with Gasteiger partial charge in [-0.2, -0.15) is 17.7 Å². The largest absolute Gasteiger partial charge is 0.741 e. The first-order valence-corrected chi connectivity index (χ1v) is 14.4. The van der Waals surface area contributed by atoms with Gasteiger partial charge in [-0.3, -0.25) is 0 Å². The van der Waals surface area contributed by atoms with Gasteiger partial charge in [-0.1, -0.05) is 66.7 Å². The van der Waals surface area contributed by atoms with Gasteiger partial charge in [-0.25, -0.2) is 8.42 Å². The van der Waals surface area contributed by atoms with Crippen LogP contribution in [0, 0.1) is 0 Å². The van der Waals surface area contributed by atoms with Crippen molar-refractivity contribution in [2.45, 2.75) is 50.8 Å². The molecule has 2 aliphatic carbocycles. The average Bonchev–Trinajstić information content (AvgIpc) is 2.92. The van der Waals surface area contributed by atoms with Gasteiger partial charge in [0.1, 0.15) is 6.10 Å². The number of rotatable bonds is 3. The summed E-state index contributed by atoms with van der Waals surface area (Å²) in [5.41, 5.74) is 7.99. The number of aryl methyl sites for hydroxylation is 2. The molecule has 1 N–H and O–H groups in total. The first-order chi connectivity index (χ1) is 19.0. The third kappa shape index (κ3) is 5.29. The minimum Gasteiger partial charge on any atom is -0.741 e. The van der Waals surface area contributed by atoms with E-state index in [1.807, 2.05) is 6.92 Å². The van der Waals surface area contributed by atoms with E-state index in [2.05, 4.69) is 83.4 Å². The molecular weight excluding hydrogens is 539 g/mol. The fourth-order valence-electron chi connectivity index (χ4n) is 5.82. The summed E-state index contributed by atoms with van der Waals surface area (Å²) in [7, 11) is -6.09. The smallest absolute Gasteiger partial charge is 0.485 e. The van der Waals surface area contributed by atoms with Crippen LogP contribution in [0.3, 0.4) is 0 Å². The SMILES string of the molecule is CC(O)C[n+]1c2c(c(-c3ccccc3)c3c1-c1ccccc1CC3)CCc1ccccc1-2.O=S(=O)([O-])C(F)(F)F. The Hall–Kier alpha value is -3.53. The van der Waals surface area contributed by atoms with E-state index in [9.17, 15) is 18.3 Å². The minimum absolute atomic E-state index is 0.418. The zero-order valence-electron chi connectivity index (χ0n) is 21.8. The maximum atomic E-state index is 10.7. The molecule has 0 radical (unpaired) electrons. The Morgan fingerprint density at radius 2 is 1.23 bits per heavy atom. The first kappa shape index (κ1) is 28.0. The molecule has 2 aliphatic rings. The predicted molar refractivity (Wildman–Crippen MR) is 145 cm³/mol. The number of fused-ring (bicyclic) bond motifs is 6. The number of nitrogens with zero attached hydrogens (tertiary/aromatic N) is 1. The fourth-order valence-corrected chi connectivity index (χ4v) is 5.82. The number of aliphatic hydroxyl groups excluding tert-OH is 1. The zero-order valence-corrected chi connectivity index (χ0v) is 22.6. The van der Waals surface area contributed by atoms with Gasteiger partial charge in [0.05, 0.1) is 0 Å². The molecule has 208 valence electrons. The molecule has 4 aromatic rings. The minimum atomic E-state index is -6.09. The Labute approximate surface area is 231 Å². The molecule has 0 bridgehead atoms. The molecular formula is C31H28F3NO4S. The second-order valence-corrected chi connectivity index (χ2v) is 11.4. The molecule has 40 heavy (non-hydrogen) atoms. The van der Waals surface area contributed by atoms with E-state index in [4.69, 9.17) is 13.0 Å². The fraction of sp³-hybridized carbons (Fsp3) is 0.258. The summed E-state index contributed by atoms with van der Waals surface area (Å²) in [6.45, 7) is 2.50. The summed E-state index contributed by atoms with van der Waals surface area (Å²) in [5.74, 6) is 0. The van der Waals surface area contributed by atoms with E-state index in [1.54, 1.807) is 0 Å². The predicted octanol–water partition coefficient (Wildman–Crippen LogP) is 5.60. The lowest BCUT2D eigenvalue weighted by molar-refractivity contribution is -0.682. The molecule has 1 atom stereocenters. The van der Waals surface area contributed by atoms with E-state index in [0.29, 0.717) is 6.54 Å². The number of halogens is 3. The van der Waals surface area contributed by atoms with E-state index < -0.39 is 21.7 Å². The lowest BCUT2D eigenvalue weighted by Crippen LogP contribution is -2.46. The number of benzene rings is 3. The van der Waals surface area contributed by atoms with Crippen molar-refractivity contribution in [3.05, 3.63) is 101 Å². The van der Waals surface area contributed by atoms with Crippen LogP contribution in [0.5, 0.6) is 0 Å². The third-order valence-electron chi connectivity index (χ3n) is 7.34. The van der Waals surface area contributed by atoms with Gasteiger partial charge in [-0.05, 0) is 61.4 Å². The molecule has 0 amide bonds. The highest BCUT2D eigenvalue weighted by Gasteiger charge is 2.38. The summed E-state index contributed by atoms with van der Waals surface area (Å²) in [4.78, 5) is 0. The topological polar surface area (TPSA) is 81.3 Å². The van der Waals surface area contributed by atoms with Crippen LogP contribution >= 0.6 is 0 Å². The van der Waals surface area contributed by atoms with Gasteiger partial charge in [0, 0.05) is 27.8 Å². The van der Waals surface area contributed by atoms with E-state index in [1.165, 1.54) is 55.9 Å². The lowest BCUT2D eigenvalue weighted by atomic mass is 9.77. The van der Waals surface area contributed by atoms with Crippen LogP contribution in [0.1, 0.15) is 29.2 Å². The number of hydrogen-bond acceptors (Lipinski definition) is 4. The van der Waals surface area contributed by atoms with Gasteiger partial charge in [0.2, 0.25) is 11.4 Å². The number of aromatic nitrogens is 1. The van der Waals surface area contributed by atoms with Crippen LogP contribution in [0.15, 0.2) is 78.9 Å². The van der Waals surface area contributed by atoms with Gasteiger partial charge in [-0.15, -0.1) is 0 Å². The first-order valence-electron chi connectivity index (χ1n) is 13.0. The highest BCUT2D eigenvalue weighted by atomic mass is 32.2. The molecule has 0 fully saturated rings. The van der Waals surface area contributed by atoms with E-state index >= 15 is 0 Å². The Balaban J connectivity index is 0.000000355. The van der Waals surface area contributed by atoms with Crippen LogP contribution in [0.2, 0.25) is 0 Å². The summed E-state index contributed by atoms with van der Waals surface area (Å²) >= 11 is 0. The van der Waals surface area contributed by atoms with Crippen molar-refractivity contribution in [1.29, 1.82) is 0 Å². The van der Waals surface area contributed by atoms with Crippen molar-refractivity contribution in [2.24, 2.45) is 0 Å². The monoisotopic (exact) mass is 567 g/mol. The molecule has 6 rings (SSSR count). The zero-order chi connectivity index (χ0) is 28.7.